The number of para-hydroxylation sites is 1. The lowest BCUT2D eigenvalue weighted by molar-refractivity contribution is -0.129. The predicted molar refractivity (Wildman–Crippen MR) is 105 cm³/mol. The second-order valence-electron chi connectivity index (χ2n) is 6.71. The summed E-state index contributed by atoms with van der Waals surface area (Å²) in [5.41, 5.74) is 0.245. The van der Waals surface area contributed by atoms with Gasteiger partial charge in [0, 0.05) is 18.2 Å². The zero-order chi connectivity index (χ0) is 19.4. The maximum atomic E-state index is 12.1. The third kappa shape index (κ3) is 4.71. The first kappa shape index (κ1) is 19.0. The number of benzene rings is 2. The van der Waals surface area contributed by atoms with Gasteiger partial charge in [0.1, 0.15) is 11.5 Å². The van der Waals surface area contributed by atoms with Crippen LogP contribution in [0.5, 0.6) is 11.5 Å². The van der Waals surface area contributed by atoms with Crippen LogP contribution in [0.3, 0.4) is 0 Å². The van der Waals surface area contributed by atoms with E-state index in [1.54, 1.807) is 44.2 Å². The van der Waals surface area contributed by atoms with Gasteiger partial charge >= 0.3 is 0 Å². The van der Waals surface area contributed by atoms with E-state index in [1.165, 1.54) is 0 Å². The SMILES string of the molecule is CC1(C)Oc2cc(NC(=O)CCCOc3ccccc3Cl)ccc2NC1=O. The summed E-state index contributed by atoms with van der Waals surface area (Å²) in [6.45, 7) is 3.77. The molecule has 142 valence electrons. The van der Waals surface area contributed by atoms with Gasteiger partial charge in [-0.15, -0.1) is 0 Å². The van der Waals surface area contributed by atoms with Crippen molar-refractivity contribution in [3.05, 3.63) is 47.5 Å². The highest BCUT2D eigenvalue weighted by Gasteiger charge is 2.35. The van der Waals surface area contributed by atoms with Crippen LogP contribution in [-0.4, -0.2) is 24.0 Å². The van der Waals surface area contributed by atoms with Gasteiger partial charge in [0.2, 0.25) is 5.91 Å². The van der Waals surface area contributed by atoms with Gasteiger partial charge in [0.15, 0.2) is 5.60 Å². The van der Waals surface area contributed by atoms with Crippen LogP contribution in [0.15, 0.2) is 42.5 Å². The molecule has 1 aliphatic heterocycles. The van der Waals surface area contributed by atoms with E-state index in [4.69, 9.17) is 21.1 Å². The third-order valence-electron chi connectivity index (χ3n) is 4.07. The average Bonchev–Trinajstić information content (AvgIpc) is 2.61. The summed E-state index contributed by atoms with van der Waals surface area (Å²) in [5, 5.41) is 6.16. The highest BCUT2D eigenvalue weighted by Crippen LogP contribution is 2.35. The van der Waals surface area contributed by atoms with Gasteiger partial charge in [-0.2, -0.15) is 0 Å². The number of rotatable bonds is 6. The minimum absolute atomic E-state index is 0.128. The number of amides is 2. The van der Waals surface area contributed by atoms with Gasteiger partial charge in [-0.25, -0.2) is 0 Å². The Kier molecular flexibility index (Phi) is 5.56. The predicted octanol–water partition coefficient (Wildman–Crippen LogP) is 4.25. The molecule has 0 unspecified atom stereocenters. The zero-order valence-electron chi connectivity index (χ0n) is 15.2. The van der Waals surface area contributed by atoms with Crippen LogP contribution in [0.2, 0.25) is 5.02 Å². The summed E-state index contributed by atoms with van der Waals surface area (Å²) in [4.78, 5) is 24.0. The molecule has 2 amide bonds. The maximum absolute atomic E-state index is 12.1. The van der Waals surface area contributed by atoms with Gasteiger partial charge < -0.3 is 20.1 Å². The molecule has 0 spiro atoms. The van der Waals surface area contributed by atoms with Gasteiger partial charge in [-0.05, 0) is 44.5 Å². The molecule has 0 saturated heterocycles. The Labute approximate surface area is 162 Å². The minimum Gasteiger partial charge on any atom is -0.492 e. The van der Waals surface area contributed by atoms with E-state index in [-0.39, 0.29) is 11.8 Å². The molecule has 1 heterocycles. The van der Waals surface area contributed by atoms with E-state index in [1.807, 2.05) is 12.1 Å². The van der Waals surface area contributed by atoms with Crippen molar-refractivity contribution in [2.24, 2.45) is 0 Å². The van der Waals surface area contributed by atoms with Crippen LogP contribution in [0.25, 0.3) is 0 Å². The summed E-state index contributed by atoms with van der Waals surface area (Å²) in [6, 6.07) is 12.3. The molecule has 0 aliphatic carbocycles. The van der Waals surface area contributed by atoms with Crippen LogP contribution in [0, 0.1) is 0 Å². The lowest BCUT2D eigenvalue weighted by atomic mass is 10.1. The fraction of sp³-hybridized carbons (Fsp3) is 0.300. The molecule has 0 aromatic heterocycles. The first-order valence-corrected chi connectivity index (χ1v) is 9.05. The van der Waals surface area contributed by atoms with E-state index >= 15 is 0 Å². The molecule has 3 rings (SSSR count). The lowest BCUT2D eigenvalue weighted by Gasteiger charge is -2.31. The van der Waals surface area contributed by atoms with Gasteiger partial charge in [0.25, 0.3) is 5.91 Å². The van der Waals surface area contributed by atoms with Crippen molar-refractivity contribution in [3.8, 4) is 11.5 Å². The highest BCUT2D eigenvalue weighted by atomic mass is 35.5. The molecule has 2 N–H and O–H groups in total. The van der Waals surface area contributed by atoms with Crippen molar-refractivity contribution in [2.45, 2.75) is 32.3 Å². The molecule has 2 aromatic rings. The van der Waals surface area contributed by atoms with E-state index in [0.717, 1.165) is 0 Å². The standard InChI is InChI=1S/C20H21ClN2O4/c1-20(2)19(25)23-15-10-9-13(12-17(15)27-20)22-18(24)8-5-11-26-16-7-4-3-6-14(16)21/h3-4,6-7,9-10,12H,5,8,11H2,1-2H3,(H,22,24)(H,23,25). The van der Waals surface area contributed by atoms with E-state index in [9.17, 15) is 9.59 Å². The van der Waals surface area contributed by atoms with Crippen molar-refractivity contribution in [3.63, 3.8) is 0 Å². The lowest BCUT2D eigenvalue weighted by Crippen LogP contribution is -2.45. The summed E-state index contributed by atoms with van der Waals surface area (Å²) < 4.78 is 11.3. The number of halogens is 1. The second kappa shape index (κ2) is 7.88. The third-order valence-corrected chi connectivity index (χ3v) is 4.38. The van der Waals surface area contributed by atoms with E-state index < -0.39 is 5.60 Å². The van der Waals surface area contributed by atoms with Crippen LogP contribution in [0.4, 0.5) is 11.4 Å². The molecule has 0 bridgehead atoms. The van der Waals surface area contributed by atoms with Crippen LogP contribution >= 0.6 is 11.6 Å². The first-order valence-electron chi connectivity index (χ1n) is 8.67. The number of nitrogens with one attached hydrogen (secondary N) is 2. The number of carbonyl (C=O) groups is 2. The Morgan fingerprint density at radius 3 is 2.81 bits per heavy atom. The fourth-order valence-corrected chi connectivity index (χ4v) is 2.77. The Morgan fingerprint density at radius 2 is 2.04 bits per heavy atom. The molecule has 0 fully saturated rings. The fourth-order valence-electron chi connectivity index (χ4n) is 2.58. The molecule has 0 saturated carbocycles. The summed E-state index contributed by atoms with van der Waals surface area (Å²) in [7, 11) is 0. The number of hydrogen-bond acceptors (Lipinski definition) is 4. The normalized spacial score (nSPS) is 14.6. The van der Waals surface area contributed by atoms with Crippen LogP contribution in [0.1, 0.15) is 26.7 Å². The minimum atomic E-state index is -0.953. The van der Waals surface area contributed by atoms with Crippen molar-refractivity contribution in [1.82, 2.24) is 0 Å². The Hall–Kier alpha value is -2.73. The van der Waals surface area contributed by atoms with Gasteiger partial charge in [-0.3, -0.25) is 9.59 Å². The molecule has 27 heavy (non-hydrogen) atoms. The van der Waals surface area contributed by atoms with Crippen molar-refractivity contribution < 1.29 is 19.1 Å². The number of anilines is 2. The molecule has 1 aliphatic rings. The summed E-state index contributed by atoms with van der Waals surface area (Å²) in [5.74, 6) is 0.803. The Bertz CT molecular complexity index is 867. The number of ether oxygens (including phenoxy) is 2. The molecular formula is C20H21ClN2O4. The summed E-state index contributed by atoms with van der Waals surface area (Å²) >= 11 is 6.02. The zero-order valence-corrected chi connectivity index (χ0v) is 15.9. The average molecular weight is 389 g/mol. The topological polar surface area (TPSA) is 76.7 Å². The monoisotopic (exact) mass is 388 g/mol. The Morgan fingerprint density at radius 1 is 1.26 bits per heavy atom. The molecular weight excluding hydrogens is 368 g/mol. The highest BCUT2D eigenvalue weighted by molar-refractivity contribution is 6.32. The molecule has 0 radical (unpaired) electrons. The Balaban J connectivity index is 1.50. The van der Waals surface area contributed by atoms with Gasteiger partial charge in [-0.1, -0.05) is 23.7 Å². The molecule has 6 nitrogen and oxygen atoms in total. The quantitative estimate of drug-likeness (QED) is 0.725. The molecule has 2 aromatic carbocycles. The molecule has 7 heteroatoms. The van der Waals surface area contributed by atoms with Crippen LogP contribution in [-0.2, 0) is 9.59 Å². The smallest absolute Gasteiger partial charge is 0.268 e. The largest absolute Gasteiger partial charge is 0.492 e. The van der Waals surface area contributed by atoms with Gasteiger partial charge in [0.05, 0.1) is 17.3 Å². The van der Waals surface area contributed by atoms with E-state index in [0.29, 0.717) is 47.3 Å². The maximum Gasteiger partial charge on any atom is 0.268 e. The first-order chi connectivity index (χ1) is 12.8. The van der Waals surface area contributed by atoms with Crippen molar-refractivity contribution >= 4 is 34.8 Å². The van der Waals surface area contributed by atoms with Crippen LogP contribution < -0.4 is 20.1 Å². The van der Waals surface area contributed by atoms with Crippen molar-refractivity contribution in [2.75, 3.05) is 17.2 Å². The van der Waals surface area contributed by atoms with E-state index in [2.05, 4.69) is 10.6 Å². The number of fused-ring (bicyclic) bond motifs is 1. The number of carbonyl (C=O) groups excluding carboxylic acids is 2. The molecule has 0 atom stereocenters. The number of hydrogen-bond donors (Lipinski definition) is 2. The summed E-state index contributed by atoms with van der Waals surface area (Å²) in [6.07, 6.45) is 0.867. The second-order valence-corrected chi connectivity index (χ2v) is 7.12. The van der Waals surface area contributed by atoms with Crippen molar-refractivity contribution in [1.29, 1.82) is 0 Å².